The largest absolute Gasteiger partial charge is 0.481 e. The molecule has 2 aliphatic carbocycles. The van der Waals surface area contributed by atoms with Gasteiger partial charge in [-0.05, 0) is 43.4 Å². The number of hydrogen-bond donors (Lipinski definition) is 1. The Morgan fingerprint density at radius 1 is 1.10 bits per heavy atom. The molecule has 0 aromatic rings. The molecule has 4 nitrogen and oxygen atoms in total. The second-order valence-corrected chi connectivity index (χ2v) is 6.93. The van der Waals surface area contributed by atoms with Crippen LogP contribution in [0.1, 0.15) is 52.9 Å². The molecule has 1 N–H and O–H groups in total. The van der Waals surface area contributed by atoms with Crippen LogP contribution in [0.15, 0.2) is 0 Å². The minimum atomic E-state index is -0.865. The van der Waals surface area contributed by atoms with Gasteiger partial charge in [0, 0.05) is 0 Å². The summed E-state index contributed by atoms with van der Waals surface area (Å²) in [5.74, 6) is -0.600. The maximum Gasteiger partial charge on any atom is 0.310 e. The second-order valence-electron chi connectivity index (χ2n) is 6.93. The topological polar surface area (TPSA) is 63.6 Å². The number of esters is 1. The van der Waals surface area contributed by atoms with Gasteiger partial charge in [0.05, 0.1) is 11.8 Å². The molecule has 2 fully saturated rings. The van der Waals surface area contributed by atoms with Crippen LogP contribution in [0.2, 0.25) is 0 Å². The molecule has 0 aromatic heterocycles. The van der Waals surface area contributed by atoms with E-state index in [0.717, 1.165) is 12.8 Å². The molecule has 0 bridgehead atoms. The molecule has 20 heavy (non-hydrogen) atoms. The minimum absolute atomic E-state index is 0.0266. The summed E-state index contributed by atoms with van der Waals surface area (Å²) in [6.07, 6.45) is 4.44. The Kier molecular flexibility index (Phi) is 4.71. The van der Waals surface area contributed by atoms with Gasteiger partial charge in [-0.2, -0.15) is 0 Å². The highest BCUT2D eigenvalue weighted by molar-refractivity contribution is 5.83. The predicted molar refractivity (Wildman–Crippen MR) is 75.1 cm³/mol. The fraction of sp³-hybridized carbons (Fsp3) is 0.875. The van der Waals surface area contributed by atoms with Gasteiger partial charge in [0.2, 0.25) is 0 Å². The zero-order valence-electron chi connectivity index (χ0n) is 12.7. The van der Waals surface area contributed by atoms with Gasteiger partial charge in [-0.25, -0.2) is 0 Å². The molecule has 2 saturated carbocycles. The zero-order valence-corrected chi connectivity index (χ0v) is 12.7. The molecule has 0 spiro atoms. The van der Waals surface area contributed by atoms with Crippen LogP contribution in [0.25, 0.3) is 0 Å². The van der Waals surface area contributed by atoms with Gasteiger partial charge in [0.15, 0.2) is 0 Å². The predicted octanol–water partition coefficient (Wildman–Crippen LogP) is 3.10. The lowest BCUT2D eigenvalue weighted by Crippen LogP contribution is -2.43. The van der Waals surface area contributed by atoms with Crippen molar-refractivity contribution in [3.8, 4) is 0 Å². The Bertz CT molecular complexity index is 377. The minimum Gasteiger partial charge on any atom is -0.481 e. The summed E-state index contributed by atoms with van der Waals surface area (Å²) >= 11 is 0. The van der Waals surface area contributed by atoms with Crippen molar-refractivity contribution in [1.29, 1.82) is 0 Å². The Morgan fingerprint density at radius 3 is 2.25 bits per heavy atom. The summed E-state index contributed by atoms with van der Waals surface area (Å²) in [7, 11) is 0. The molecule has 114 valence electrons. The average molecular weight is 282 g/mol. The van der Waals surface area contributed by atoms with E-state index in [0.29, 0.717) is 30.6 Å². The van der Waals surface area contributed by atoms with E-state index < -0.39 is 17.8 Å². The van der Waals surface area contributed by atoms with Crippen LogP contribution in [0.3, 0.4) is 0 Å². The Hall–Kier alpha value is -1.06. The molecule has 2 aliphatic rings. The van der Waals surface area contributed by atoms with Crippen LogP contribution in [-0.4, -0.2) is 23.1 Å². The molecule has 0 heterocycles. The lowest BCUT2D eigenvalue weighted by molar-refractivity contribution is -0.173. The first-order chi connectivity index (χ1) is 9.40. The molecule has 0 radical (unpaired) electrons. The third-order valence-electron chi connectivity index (χ3n) is 5.12. The monoisotopic (exact) mass is 282 g/mol. The molecule has 0 aromatic carbocycles. The van der Waals surface area contributed by atoms with Crippen LogP contribution in [-0.2, 0) is 14.3 Å². The van der Waals surface area contributed by atoms with Crippen LogP contribution >= 0.6 is 0 Å². The standard InChI is InChI=1S/C16H26O4/c1-9(2)11-5-4-10(3)8-14(11)20-16(19)13-7-6-12(13)15(17)18/h9-14H,4-8H2,1-3H3,(H,17,18)/t10-,11+,12?,13?,14-/m1/s1. The van der Waals surface area contributed by atoms with Gasteiger partial charge in [0.25, 0.3) is 0 Å². The molecule has 2 rings (SSSR count). The number of carbonyl (C=O) groups is 2. The molecule has 0 aliphatic heterocycles. The zero-order chi connectivity index (χ0) is 14.9. The van der Waals surface area contributed by atoms with E-state index in [-0.39, 0.29) is 12.1 Å². The highest BCUT2D eigenvalue weighted by Gasteiger charge is 2.44. The van der Waals surface area contributed by atoms with Crippen LogP contribution in [0.5, 0.6) is 0 Å². The fourth-order valence-electron chi connectivity index (χ4n) is 3.56. The Morgan fingerprint density at radius 2 is 1.75 bits per heavy atom. The molecule has 0 amide bonds. The highest BCUT2D eigenvalue weighted by atomic mass is 16.5. The van der Waals surface area contributed by atoms with Crippen LogP contribution in [0.4, 0.5) is 0 Å². The summed E-state index contributed by atoms with van der Waals surface area (Å²) in [6, 6.07) is 0. The van der Waals surface area contributed by atoms with Gasteiger partial charge in [0.1, 0.15) is 6.10 Å². The fourth-order valence-corrected chi connectivity index (χ4v) is 3.56. The van der Waals surface area contributed by atoms with Crippen molar-refractivity contribution in [3.05, 3.63) is 0 Å². The summed E-state index contributed by atoms with van der Waals surface area (Å²) in [5, 5.41) is 9.03. The first kappa shape index (κ1) is 15.3. The van der Waals surface area contributed by atoms with Gasteiger partial charge in [-0.15, -0.1) is 0 Å². The van der Waals surface area contributed by atoms with Crippen molar-refractivity contribution in [2.24, 2.45) is 29.6 Å². The Balaban J connectivity index is 1.96. The van der Waals surface area contributed by atoms with Gasteiger partial charge >= 0.3 is 11.9 Å². The summed E-state index contributed by atoms with van der Waals surface area (Å²) in [4.78, 5) is 23.2. The lowest BCUT2D eigenvalue weighted by atomic mass is 9.73. The van der Waals surface area contributed by atoms with E-state index in [2.05, 4.69) is 20.8 Å². The van der Waals surface area contributed by atoms with Crippen molar-refractivity contribution < 1.29 is 19.4 Å². The number of ether oxygens (including phenoxy) is 1. The van der Waals surface area contributed by atoms with Gasteiger partial charge < -0.3 is 9.84 Å². The maximum atomic E-state index is 12.2. The highest BCUT2D eigenvalue weighted by Crippen LogP contribution is 2.39. The number of rotatable bonds is 4. The Labute approximate surface area is 120 Å². The van der Waals surface area contributed by atoms with Gasteiger partial charge in [-0.1, -0.05) is 27.2 Å². The average Bonchev–Trinajstić information content (AvgIpc) is 2.25. The van der Waals surface area contributed by atoms with Gasteiger partial charge in [-0.3, -0.25) is 9.59 Å². The maximum absolute atomic E-state index is 12.2. The van der Waals surface area contributed by atoms with E-state index in [4.69, 9.17) is 9.84 Å². The molecular weight excluding hydrogens is 256 g/mol. The van der Waals surface area contributed by atoms with Crippen molar-refractivity contribution in [1.82, 2.24) is 0 Å². The summed E-state index contributed by atoms with van der Waals surface area (Å²) in [6.45, 7) is 6.54. The van der Waals surface area contributed by atoms with Crippen LogP contribution in [0, 0.1) is 29.6 Å². The third kappa shape index (κ3) is 3.15. The second kappa shape index (κ2) is 6.15. The normalized spacial score (nSPS) is 37.3. The number of carboxylic acids is 1. The number of carbonyl (C=O) groups excluding carboxylic acids is 1. The van der Waals surface area contributed by atoms with E-state index in [1.165, 1.54) is 6.42 Å². The third-order valence-corrected chi connectivity index (χ3v) is 5.12. The first-order valence-corrected chi connectivity index (χ1v) is 7.83. The van der Waals surface area contributed by atoms with Crippen LogP contribution < -0.4 is 0 Å². The summed E-state index contributed by atoms with van der Waals surface area (Å²) < 4.78 is 5.72. The number of hydrogen-bond acceptors (Lipinski definition) is 3. The van der Waals surface area contributed by atoms with E-state index >= 15 is 0 Å². The number of aliphatic carboxylic acids is 1. The first-order valence-electron chi connectivity index (χ1n) is 7.83. The smallest absolute Gasteiger partial charge is 0.310 e. The molecular formula is C16H26O4. The van der Waals surface area contributed by atoms with E-state index in [1.54, 1.807) is 0 Å². The quantitative estimate of drug-likeness (QED) is 0.805. The van der Waals surface area contributed by atoms with Crippen molar-refractivity contribution in [3.63, 3.8) is 0 Å². The molecule has 0 saturated heterocycles. The van der Waals surface area contributed by atoms with Crippen molar-refractivity contribution in [2.45, 2.75) is 59.0 Å². The number of carboxylic acid groups (broad SMARTS) is 1. The van der Waals surface area contributed by atoms with E-state index in [9.17, 15) is 9.59 Å². The molecule has 5 atom stereocenters. The van der Waals surface area contributed by atoms with Crippen molar-refractivity contribution >= 4 is 11.9 Å². The van der Waals surface area contributed by atoms with E-state index in [1.807, 2.05) is 0 Å². The lowest BCUT2D eigenvalue weighted by Gasteiger charge is -2.39. The SMILES string of the molecule is CC(C)[C@@H]1CC[C@@H](C)C[C@H]1OC(=O)C1CCC1C(=O)O. The molecule has 4 heteroatoms. The van der Waals surface area contributed by atoms with Crippen molar-refractivity contribution in [2.75, 3.05) is 0 Å². The summed E-state index contributed by atoms with van der Waals surface area (Å²) in [5.41, 5.74) is 0. The molecule has 2 unspecified atom stereocenters.